The van der Waals surface area contributed by atoms with Gasteiger partial charge in [-0.05, 0) is 0 Å². The predicted octanol–water partition coefficient (Wildman–Crippen LogP) is -2.29. The minimum Gasteiger partial charge on any atom is -0.477 e. The molecule has 1 heterocycles. The first kappa shape index (κ1) is 18.5. The number of carboxylic acid groups (broad SMARTS) is 1. The lowest BCUT2D eigenvalue weighted by atomic mass is 9.82. The van der Waals surface area contributed by atoms with Crippen molar-refractivity contribution in [2.75, 3.05) is 6.61 Å². The third kappa shape index (κ3) is 3.27. The van der Waals surface area contributed by atoms with Gasteiger partial charge < -0.3 is 36.6 Å². The van der Waals surface area contributed by atoms with E-state index in [0.717, 1.165) is 0 Å². The highest BCUT2D eigenvalue weighted by Crippen LogP contribution is 2.39. The lowest BCUT2D eigenvalue weighted by Gasteiger charge is -2.44. The van der Waals surface area contributed by atoms with E-state index in [0.29, 0.717) is 0 Å². The molecule has 0 aliphatic carbocycles. The second kappa shape index (κ2) is 6.69. The molecule has 130 valence electrons. The standard InChI is InChI=1S/C11H19F2N3O6.H2/c1-3-5(16-10(14)15)8(12)11(13,9(20)21)22-7(3)6(19)4(18)2-17;/h3-8,17-19H,2H2,1H3,(H,20,21)(H4,14,15,16);1H/t3?,4-,5?,6-,7?,8?,11?;/m1./s1. The van der Waals surface area contributed by atoms with E-state index >= 15 is 0 Å². The van der Waals surface area contributed by atoms with Crippen LogP contribution in [0.4, 0.5) is 8.78 Å². The smallest absolute Gasteiger partial charge is 0.372 e. The van der Waals surface area contributed by atoms with E-state index in [1.54, 1.807) is 0 Å². The predicted molar refractivity (Wildman–Crippen MR) is 71.2 cm³/mol. The Morgan fingerprint density at radius 2 is 2.05 bits per heavy atom. The third-order valence-corrected chi connectivity index (χ3v) is 3.53. The number of alkyl halides is 2. The highest BCUT2D eigenvalue weighted by Gasteiger charge is 2.61. The van der Waals surface area contributed by atoms with Gasteiger partial charge in [0.1, 0.15) is 12.2 Å². The molecular weight excluding hydrogens is 308 g/mol. The zero-order valence-corrected chi connectivity index (χ0v) is 11.6. The first-order valence-corrected chi connectivity index (χ1v) is 6.36. The Balaban J connectivity index is 0.00000484. The molecule has 0 aromatic heterocycles. The first-order chi connectivity index (χ1) is 10.1. The number of rotatable bonds is 5. The van der Waals surface area contributed by atoms with Crippen LogP contribution < -0.4 is 11.5 Å². The number of guanidine groups is 1. The second-order valence-electron chi connectivity index (χ2n) is 5.08. The molecule has 1 saturated heterocycles. The number of aliphatic hydroxyl groups is 3. The van der Waals surface area contributed by atoms with Crippen molar-refractivity contribution in [1.29, 1.82) is 0 Å². The molecule has 9 nitrogen and oxygen atoms in total. The molecule has 0 spiro atoms. The topological polar surface area (TPSA) is 172 Å². The van der Waals surface area contributed by atoms with E-state index in [1.165, 1.54) is 6.92 Å². The van der Waals surface area contributed by atoms with Crippen molar-refractivity contribution >= 4 is 11.9 Å². The maximum absolute atomic E-state index is 14.3. The summed E-state index contributed by atoms with van der Waals surface area (Å²) in [6.45, 7) is 0.384. The Labute approximate surface area is 125 Å². The highest BCUT2D eigenvalue weighted by molar-refractivity contribution is 5.78. The van der Waals surface area contributed by atoms with Crippen LogP contribution in [-0.4, -0.2) is 75.3 Å². The average molecular weight is 329 g/mol. The Hall–Kier alpha value is -1.56. The number of aliphatic carboxylic acids is 1. The van der Waals surface area contributed by atoms with Gasteiger partial charge in [0.15, 0.2) is 12.1 Å². The minimum atomic E-state index is -3.81. The number of ether oxygens (including phenoxy) is 1. The van der Waals surface area contributed by atoms with Gasteiger partial charge in [-0.1, -0.05) is 6.92 Å². The van der Waals surface area contributed by atoms with Crippen LogP contribution in [0.25, 0.3) is 0 Å². The van der Waals surface area contributed by atoms with Gasteiger partial charge in [-0.25, -0.2) is 14.2 Å². The van der Waals surface area contributed by atoms with Gasteiger partial charge in [-0.15, -0.1) is 0 Å². The first-order valence-electron chi connectivity index (χ1n) is 6.36. The zero-order valence-electron chi connectivity index (χ0n) is 11.6. The monoisotopic (exact) mass is 329 g/mol. The van der Waals surface area contributed by atoms with Crippen molar-refractivity contribution in [2.45, 2.75) is 43.3 Å². The fourth-order valence-electron chi connectivity index (χ4n) is 2.28. The van der Waals surface area contributed by atoms with E-state index in [-0.39, 0.29) is 1.43 Å². The molecule has 1 fully saturated rings. The Bertz CT molecular complexity index is 455. The molecule has 5 unspecified atom stereocenters. The van der Waals surface area contributed by atoms with E-state index < -0.39 is 60.8 Å². The molecule has 0 aromatic rings. The van der Waals surface area contributed by atoms with Crippen LogP contribution in [0.2, 0.25) is 0 Å². The maximum atomic E-state index is 14.3. The van der Waals surface area contributed by atoms with Crippen molar-refractivity contribution in [1.82, 2.24) is 0 Å². The lowest BCUT2D eigenvalue weighted by molar-refractivity contribution is -0.282. The normalized spacial score (nSPS) is 38.1. The van der Waals surface area contributed by atoms with Crippen molar-refractivity contribution in [3.8, 4) is 0 Å². The van der Waals surface area contributed by atoms with Gasteiger partial charge in [0.2, 0.25) is 0 Å². The molecule has 22 heavy (non-hydrogen) atoms. The molecule has 8 N–H and O–H groups in total. The van der Waals surface area contributed by atoms with Gasteiger partial charge in [0.25, 0.3) is 0 Å². The molecule has 0 bridgehead atoms. The molecule has 0 saturated carbocycles. The van der Waals surface area contributed by atoms with Crippen LogP contribution in [0.5, 0.6) is 0 Å². The van der Waals surface area contributed by atoms with Crippen molar-refractivity contribution in [3.63, 3.8) is 0 Å². The SMILES string of the molecule is CC1C(N=C(N)N)C(F)C(F)(C(=O)O)OC1[C@H](O)[C@H](O)CO.[HH]. The van der Waals surface area contributed by atoms with Crippen LogP contribution in [0, 0.1) is 5.92 Å². The van der Waals surface area contributed by atoms with Crippen molar-refractivity contribution in [3.05, 3.63) is 0 Å². The number of nitrogens with zero attached hydrogens (tertiary/aromatic N) is 1. The van der Waals surface area contributed by atoms with Crippen molar-refractivity contribution < 1.29 is 40.2 Å². The van der Waals surface area contributed by atoms with Gasteiger partial charge >= 0.3 is 11.8 Å². The summed E-state index contributed by atoms with van der Waals surface area (Å²) >= 11 is 0. The molecular formula is C11H21F2N3O6. The fourth-order valence-corrected chi connectivity index (χ4v) is 2.28. The second-order valence-corrected chi connectivity index (χ2v) is 5.08. The number of halogens is 2. The van der Waals surface area contributed by atoms with Gasteiger partial charge in [-0.2, -0.15) is 4.39 Å². The summed E-state index contributed by atoms with van der Waals surface area (Å²) in [5.74, 6) is -7.77. The third-order valence-electron chi connectivity index (χ3n) is 3.53. The molecule has 1 aliphatic rings. The van der Waals surface area contributed by atoms with E-state index in [9.17, 15) is 23.8 Å². The summed E-state index contributed by atoms with van der Waals surface area (Å²) in [5, 5.41) is 36.9. The minimum absolute atomic E-state index is 0. The van der Waals surface area contributed by atoms with Crippen molar-refractivity contribution in [2.24, 2.45) is 22.4 Å². The van der Waals surface area contributed by atoms with Crippen LogP contribution in [-0.2, 0) is 9.53 Å². The number of aliphatic imine (C=N–C) groups is 1. The molecule has 0 radical (unpaired) electrons. The maximum Gasteiger partial charge on any atom is 0.372 e. The summed E-state index contributed by atoms with van der Waals surface area (Å²) in [5.41, 5.74) is 10.2. The number of carboxylic acids is 1. The molecule has 1 aliphatic heterocycles. The van der Waals surface area contributed by atoms with Gasteiger partial charge in [0.05, 0.1) is 18.8 Å². The average Bonchev–Trinajstić information content (AvgIpc) is 2.45. The lowest BCUT2D eigenvalue weighted by Crippen LogP contribution is -2.64. The van der Waals surface area contributed by atoms with E-state index in [2.05, 4.69) is 9.73 Å². The number of carbonyl (C=O) groups is 1. The van der Waals surface area contributed by atoms with Gasteiger partial charge in [0, 0.05) is 7.34 Å². The van der Waals surface area contributed by atoms with E-state index in [1.807, 2.05) is 0 Å². The number of hydrogen-bond donors (Lipinski definition) is 6. The summed E-state index contributed by atoms with van der Waals surface area (Å²) in [6.07, 6.45) is -8.03. The highest BCUT2D eigenvalue weighted by atomic mass is 19.2. The zero-order chi connectivity index (χ0) is 17.2. The quantitative estimate of drug-likeness (QED) is 0.242. The summed E-state index contributed by atoms with van der Waals surface area (Å²) in [6, 6.07) is -1.66. The summed E-state index contributed by atoms with van der Waals surface area (Å²) in [4.78, 5) is 14.4. The van der Waals surface area contributed by atoms with Crippen LogP contribution >= 0.6 is 0 Å². The largest absolute Gasteiger partial charge is 0.477 e. The molecule has 0 amide bonds. The van der Waals surface area contributed by atoms with E-state index in [4.69, 9.17) is 21.7 Å². The molecule has 0 aromatic carbocycles. The Kier molecular flexibility index (Phi) is 5.62. The fraction of sp³-hybridized carbons (Fsp3) is 0.818. The van der Waals surface area contributed by atoms with Crippen LogP contribution in [0.1, 0.15) is 8.35 Å². The summed E-state index contributed by atoms with van der Waals surface area (Å²) in [7, 11) is 0. The number of nitrogens with two attached hydrogens (primary N) is 2. The summed E-state index contributed by atoms with van der Waals surface area (Å²) < 4.78 is 33.1. The molecule has 7 atom stereocenters. The van der Waals surface area contributed by atoms with Crippen LogP contribution in [0.15, 0.2) is 4.99 Å². The Morgan fingerprint density at radius 1 is 1.50 bits per heavy atom. The Morgan fingerprint density at radius 3 is 2.45 bits per heavy atom. The molecule has 1 rings (SSSR count). The number of hydrogen-bond acceptors (Lipinski definition) is 6. The van der Waals surface area contributed by atoms with Gasteiger partial charge in [-0.3, -0.25) is 0 Å². The van der Waals surface area contributed by atoms with Crippen LogP contribution in [0.3, 0.4) is 0 Å². The number of aliphatic hydroxyl groups excluding tert-OH is 3. The molecule has 11 heteroatoms.